The molecule has 3 rings (SSSR count). The van der Waals surface area contributed by atoms with E-state index in [1.54, 1.807) is 24.8 Å². The minimum Gasteiger partial charge on any atom is -0.360 e. The van der Waals surface area contributed by atoms with E-state index >= 15 is 0 Å². The Labute approximate surface area is 163 Å². The van der Waals surface area contributed by atoms with Gasteiger partial charge in [0.2, 0.25) is 5.91 Å². The summed E-state index contributed by atoms with van der Waals surface area (Å²) >= 11 is 1.74. The Bertz CT molecular complexity index is 800. The lowest BCUT2D eigenvalue weighted by atomic mass is 10.1. The summed E-state index contributed by atoms with van der Waals surface area (Å²) < 4.78 is 4.94. The molecule has 27 heavy (non-hydrogen) atoms. The van der Waals surface area contributed by atoms with E-state index in [0.29, 0.717) is 37.8 Å². The van der Waals surface area contributed by atoms with Crippen LogP contribution in [0.25, 0.3) is 0 Å². The molecule has 0 atom stereocenters. The first-order chi connectivity index (χ1) is 13.0. The van der Waals surface area contributed by atoms with Crippen molar-refractivity contribution in [2.24, 2.45) is 0 Å². The number of thioether (sulfide) groups is 1. The Kier molecular flexibility index (Phi) is 6.52. The second-order valence-electron chi connectivity index (χ2n) is 6.57. The standard InChI is InChI=1S/C19H24N4O3S/c1-14-10-17(21-26-14)20-18(24)12-22-6-8-23(9-7-22)19(25)16-5-3-4-15(11-16)13-27-2/h3-5,10-11H,6-9,12-13H2,1-2H3,(H,20,21,24). The van der Waals surface area contributed by atoms with E-state index in [-0.39, 0.29) is 18.4 Å². The summed E-state index contributed by atoms with van der Waals surface area (Å²) in [7, 11) is 0. The fraction of sp³-hybridized carbons (Fsp3) is 0.421. The maximum absolute atomic E-state index is 12.7. The Hall–Kier alpha value is -2.32. The van der Waals surface area contributed by atoms with Gasteiger partial charge in [-0.15, -0.1) is 0 Å². The van der Waals surface area contributed by atoms with Crippen LogP contribution in [0.4, 0.5) is 5.82 Å². The summed E-state index contributed by atoms with van der Waals surface area (Å²) in [5.74, 6) is 1.90. The monoisotopic (exact) mass is 388 g/mol. The first kappa shape index (κ1) is 19.4. The average molecular weight is 388 g/mol. The van der Waals surface area contributed by atoms with Crippen LogP contribution in [0.5, 0.6) is 0 Å². The van der Waals surface area contributed by atoms with Gasteiger partial charge in [0.05, 0.1) is 6.54 Å². The van der Waals surface area contributed by atoms with Crippen molar-refractivity contribution < 1.29 is 14.1 Å². The molecule has 0 unspecified atom stereocenters. The molecule has 8 heteroatoms. The molecule has 7 nitrogen and oxygen atoms in total. The van der Waals surface area contributed by atoms with E-state index in [0.717, 1.165) is 16.9 Å². The molecule has 2 amide bonds. The van der Waals surface area contributed by atoms with E-state index in [1.807, 2.05) is 40.3 Å². The van der Waals surface area contributed by atoms with Crippen LogP contribution >= 0.6 is 11.8 Å². The predicted molar refractivity (Wildman–Crippen MR) is 106 cm³/mol. The van der Waals surface area contributed by atoms with Crippen LogP contribution in [0.3, 0.4) is 0 Å². The van der Waals surface area contributed by atoms with Gasteiger partial charge in [-0.05, 0) is 30.9 Å². The summed E-state index contributed by atoms with van der Waals surface area (Å²) in [5, 5.41) is 6.48. The van der Waals surface area contributed by atoms with Gasteiger partial charge in [-0.25, -0.2) is 0 Å². The number of hydrogen-bond acceptors (Lipinski definition) is 6. The lowest BCUT2D eigenvalue weighted by molar-refractivity contribution is -0.117. The summed E-state index contributed by atoms with van der Waals surface area (Å²) in [5.41, 5.74) is 1.89. The number of amides is 2. The normalized spacial score (nSPS) is 15.0. The van der Waals surface area contributed by atoms with E-state index in [1.165, 1.54) is 0 Å². The maximum Gasteiger partial charge on any atom is 0.253 e. The molecular formula is C19H24N4O3S. The average Bonchev–Trinajstić information content (AvgIpc) is 3.07. The number of piperazine rings is 1. The van der Waals surface area contributed by atoms with Gasteiger partial charge in [0.25, 0.3) is 5.91 Å². The minimum absolute atomic E-state index is 0.0557. The molecule has 1 N–H and O–H groups in total. The zero-order valence-corrected chi connectivity index (χ0v) is 16.4. The number of benzene rings is 1. The number of anilines is 1. The van der Waals surface area contributed by atoms with Crippen molar-refractivity contribution in [2.75, 3.05) is 44.3 Å². The Balaban J connectivity index is 1.48. The summed E-state index contributed by atoms with van der Waals surface area (Å²) in [6.07, 6.45) is 2.05. The van der Waals surface area contributed by atoms with Crippen molar-refractivity contribution >= 4 is 29.4 Å². The van der Waals surface area contributed by atoms with Gasteiger partial charge in [0.1, 0.15) is 5.76 Å². The van der Waals surface area contributed by atoms with Crippen LogP contribution in [0.1, 0.15) is 21.7 Å². The molecule has 144 valence electrons. The SMILES string of the molecule is CSCc1cccc(C(=O)N2CCN(CC(=O)Nc3cc(C)on3)CC2)c1. The van der Waals surface area contributed by atoms with Gasteiger partial charge in [-0.2, -0.15) is 11.8 Å². The number of hydrogen-bond donors (Lipinski definition) is 1. The van der Waals surface area contributed by atoms with Crippen molar-refractivity contribution in [3.05, 3.63) is 47.2 Å². The molecular weight excluding hydrogens is 364 g/mol. The van der Waals surface area contributed by atoms with E-state index in [9.17, 15) is 9.59 Å². The Morgan fingerprint density at radius 3 is 2.67 bits per heavy atom. The topological polar surface area (TPSA) is 78.7 Å². The molecule has 1 aliphatic rings. The highest BCUT2D eigenvalue weighted by Gasteiger charge is 2.23. The third-order valence-electron chi connectivity index (χ3n) is 4.41. The molecule has 1 saturated heterocycles. The van der Waals surface area contributed by atoms with E-state index < -0.39 is 0 Å². The summed E-state index contributed by atoms with van der Waals surface area (Å²) in [6, 6.07) is 9.50. The number of carbonyl (C=O) groups excluding carboxylic acids is 2. The van der Waals surface area contributed by atoms with Gasteiger partial charge in [-0.1, -0.05) is 17.3 Å². The molecule has 1 aromatic carbocycles. The lowest BCUT2D eigenvalue weighted by Crippen LogP contribution is -2.50. The van der Waals surface area contributed by atoms with Crippen molar-refractivity contribution in [1.82, 2.24) is 15.0 Å². The highest BCUT2D eigenvalue weighted by molar-refractivity contribution is 7.97. The van der Waals surface area contributed by atoms with Crippen LogP contribution in [-0.4, -0.2) is 65.8 Å². The fourth-order valence-corrected chi connectivity index (χ4v) is 3.58. The highest BCUT2D eigenvalue weighted by Crippen LogP contribution is 2.14. The number of carbonyl (C=O) groups is 2. The third-order valence-corrected chi connectivity index (χ3v) is 5.03. The van der Waals surface area contributed by atoms with Gasteiger partial charge in [-0.3, -0.25) is 14.5 Å². The van der Waals surface area contributed by atoms with Gasteiger partial charge < -0.3 is 14.7 Å². The summed E-state index contributed by atoms with van der Waals surface area (Å²) in [4.78, 5) is 28.7. The number of nitrogens with zero attached hydrogens (tertiary/aromatic N) is 3. The third kappa shape index (κ3) is 5.33. The van der Waals surface area contributed by atoms with Gasteiger partial charge in [0.15, 0.2) is 5.82 Å². The van der Waals surface area contributed by atoms with Gasteiger partial charge >= 0.3 is 0 Å². The van der Waals surface area contributed by atoms with E-state index in [4.69, 9.17) is 4.52 Å². The lowest BCUT2D eigenvalue weighted by Gasteiger charge is -2.34. The number of aromatic nitrogens is 1. The highest BCUT2D eigenvalue weighted by atomic mass is 32.2. The van der Waals surface area contributed by atoms with Crippen LogP contribution in [0, 0.1) is 6.92 Å². The van der Waals surface area contributed by atoms with Crippen molar-refractivity contribution in [3.8, 4) is 0 Å². The molecule has 0 saturated carbocycles. The molecule has 0 radical (unpaired) electrons. The largest absolute Gasteiger partial charge is 0.360 e. The molecule has 0 bridgehead atoms. The fourth-order valence-electron chi connectivity index (χ4n) is 3.06. The quantitative estimate of drug-likeness (QED) is 0.818. The van der Waals surface area contributed by atoms with Crippen LogP contribution in [0.15, 0.2) is 34.9 Å². The van der Waals surface area contributed by atoms with Gasteiger partial charge in [0, 0.05) is 43.6 Å². The van der Waals surface area contributed by atoms with Crippen LogP contribution < -0.4 is 5.32 Å². The molecule has 0 spiro atoms. The zero-order chi connectivity index (χ0) is 19.2. The first-order valence-electron chi connectivity index (χ1n) is 8.88. The molecule has 2 aromatic rings. The molecule has 2 heterocycles. The van der Waals surface area contributed by atoms with Crippen molar-refractivity contribution in [2.45, 2.75) is 12.7 Å². The van der Waals surface area contributed by atoms with E-state index in [2.05, 4.69) is 10.5 Å². The first-order valence-corrected chi connectivity index (χ1v) is 10.3. The number of rotatable bonds is 6. The van der Waals surface area contributed by atoms with Crippen molar-refractivity contribution in [3.63, 3.8) is 0 Å². The second kappa shape index (κ2) is 9.05. The molecule has 1 aliphatic heterocycles. The second-order valence-corrected chi connectivity index (χ2v) is 7.44. The maximum atomic E-state index is 12.7. The Morgan fingerprint density at radius 1 is 1.22 bits per heavy atom. The predicted octanol–water partition coefficient (Wildman–Crippen LogP) is 2.24. The smallest absolute Gasteiger partial charge is 0.253 e. The number of nitrogens with one attached hydrogen (secondary N) is 1. The zero-order valence-electron chi connectivity index (χ0n) is 15.6. The molecule has 1 fully saturated rings. The minimum atomic E-state index is -0.132. The molecule has 1 aromatic heterocycles. The van der Waals surface area contributed by atoms with Crippen LogP contribution in [0.2, 0.25) is 0 Å². The van der Waals surface area contributed by atoms with Crippen LogP contribution in [-0.2, 0) is 10.5 Å². The van der Waals surface area contributed by atoms with Crippen molar-refractivity contribution in [1.29, 1.82) is 0 Å². The Morgan fingerprint density at radius 2 is 2.00 bits per heavy atom. The molecule has 0 aliphatic carbocycles. The number of aryl methyl sites for hydroxylation is 1. The summed E-state index contributed by atoms with van der Waals surface area (Å²) in [6.45, 7) is 4.61.